The topological polar surface area (TPSA) is 117 Å². The maximum atomic E-state index is 13.7. The number of rotatable bonds is 6. The highest BCUT2D eigenvalue weighted by Crippen LogP contribution is 2.53. The van der Waals surface area contributed by atoms with Gasteiger partial charge in [0.1, 0.15) is 0 Å². The molecule has 2 aromatic carbocycles. The van der Waals surface area contributed by atoms with E-state index in [9.17, 15) is 27.6 Å². The molecule has 2 fully saturated rings. The molecule has 224 valence electrons. The van der Waals surface area contributed by atoms with E-state index in [0.29, 0.717) is 22.5 Å². The normalized spacial score (nSPS) is 24.5. The number of amidine groups is 1. The van der Waals surface area contributed by atoms with Gasteiger partial charge < -0.3 is 14.7 Å². The molecule has 5 rings (SSSR count). The van der Waals surface area contributed by atoms with Gasteiger partial charge in [0.25, 0.3) is 0 Å². The molecule has 0 saturated carbocycles. The third-order valence-electron chi connectivity index (χ3n) is 7.45. The molecule has 4 atom stereocenters. The summed E-state index contributed by atoms with van der Waals surface area (Å²) in [6, 6.07) is 16.8. The molecule has 2 saturated heterocycles. The monoisotopic (exact) mass is 625 g/mol. The van der Waals surface area contributed by atoms with E-state index in [1.165, 1.54) is 23.8 Å². The molecular formula is C28H27ClF3N3O6S. The van der Waals surface area contributed by atoms with E-state index in [2.05, 4.69) is 0 Å². The van der Waals surface area contributed by atoms with Crippen LogP contribution in [-0.4, -0.2) is 81.8 Å². The molecule has 0 spiro atoms. The zero-order valence-electron chi connectivity index (χ0n) is 22.5. The molecule has 0 bridgehead atoms. The number of methoxy groups -OCH3 is 1. The lowest BCUT2D eigenvalue weighted by atomic mass is 9.76. The van der Waals surface area contributed by atoms with Crippen LogP contribution in [0, 0.1) is 11.8 Å². The lowest BCUT2D eigenvalue weighted by Crippen LogP contribution is -2.61. The molecule has 42 heavy (non-hydrogen) atoms. The Kier molecular flexibility index (Phi) is 9.21. The molecule has 2 aromatic rings. The van der Waals surface area contributed by atoms with Crippen molar-refractivity contribution in [2.75, 3.05) is 20.2 Å². The largest absolute Gasteiger partial charge is 0.490 e. The second-order valence-corrected chi connectivity index (χ2v) is 11.2. The minimum absolute atomic E-state index is 0.226. The number of likely N-dealkylation sites (tertiary alicyclic amines) is 1. The number of carbonyl (C=O) groups excluding carboxylic acids is 3. The zero-order valence-corrected chi connectivity index (χ0v) is 24.1. The van der Waals surface area contributed by atoms with E-state index in [-0.39, 0.29) is 30.8 Å². The lowest BCUT2D eigenvalue weighted by Gasteiger charge is -2.40. The van der Waals surface area contributed by atoms with Crippen molar-refractivity contribution >= 4 is 52.3 Å². The highest BCUT2D eigenvalue weighted by molar-refractivity contribution is 8.13. The van der Waals surface area contributed by atoms with Gasteiger partial charge in [0.15, 0.2) is 10.7 Å². The molecular weight excluding hydrogens is 599 g/mol. The van der Waals surface area contributed by atoms with Crippen molar-refractivity contribution in [1.29, 1.82) is 0 Å². The van der Waals surface area contributed by atoms with Gasteiger partial charge in [0.05, 0.1) is 31.5 Å². The fourth-order valence-electron chi connectivity index (χ4n) is 5.73. The summed E-state index contributed by atoms with van der Waals surface area (Å²) in [6.07, 6.45) is -4.84. The first-order valence-electron chi connectivity index (χ1n) is 12.9. The molecule has 14 heteroatoms. The Labute approximate surface area is 248 Å². The second kappa shape index (κ2) is 12.3. The third-order valence-corrected chi connectivity index (χ3v) is 8.76. The number of alkyl halides is 3. The number of carbonyl (C=O) groups is 4. The number of amides is 2. The Bertz CT molecular complexity index is 1390. The number of esters is 1. The number of ether oxygens (including phenoxy) is 1. The fourth-order valence-corrected chi connectivity index (χ4v) is 6.95. The number of hydrogen-bond donors (Lipinski definition) is 1. The number of halogens is 4. The van der Waals surface area contributed by atoms with Gasteiger partial charge in [-0.1, -0.05) is 65.8 Å². The molecule has 0 aliphatic carbocycles. The Balaban J connectivity index is 0.000000517. The van der Waals surface area contributed by atoms with Crippen molar-refractivity contribution in [1.82, 2.24) is 9.80 Å². The molecule has 3 aliphatic heterocycles. The number of nitrogens with zero attached hydrogens (tertiary/aromatic N) is 3. The van der Waals surface area contributed by atoms with Crippen LogP contribution in [0.2, 0.25) is 5.02 Å². The van der Waals surface area contributed by atoms with Gasteiger partial charge in [-0.2, -0.15) is 13.2 Å². The van der Waals surface area contributed by atoms with Crippen molar-refractivity contribution in [3.05, 3.63) is 70.7 Å². The van der Waals surface area contributed by atoms with Gasteiger partial charge >= 0.3 is 18.1 Å². The van der Waals surface area contributed by atoms with Crippen LogP contribution in [0.1, 0.15) is 18.1 Å². The van der Waals surface area contributed by atoms with Crippen molar-refractivity contribution in [2.24, 2.45) is 16.8 Å². The van der Waals surface area contributed by atoms with Gasteiger partial charge in [0, 0.05) is 23.7 Å². The second-order valence-electron chi connectivity index (χ2n) is 9.78. The van der Waals surface area contributed by atoms with Crippen molar-refractivity contribution in [3.8, 4) is 0 Å². The van der Waals surface area contributed by atoms with E-state index in [4.69, 9.17) is 31.2 Å². The molecule has 3 heterocycles. The molecule has 9 nitrogen and oxygen atoms in total. The quantitative estimate of drug-likeness (QED) is 0.378. The standard InChI is InChI=1S/C26H26ClN3O4S.C2HF3O2/c1-3-29-22(31)20-19-14-28-25(35-15-17-9-11-18(27)12-10-17)30(19)26(24(33)34-2,21(20)23(29)32)13-16-7-5-4-6-8-16;3-2(4,5)1(6)7/h4-12,19-21H,3,13-15H2,1-2H3;(H,6,7)/t19-,20+,21-,26-;/m1./s1. The Hall–Kier alpha value is -3.58. The van der Waals surface area contributed by atoms with E-state index in [1.807, 2.05) is 59.5 Å². The molecule has 0 aromatic heterocycles. The first-order chi connectivity index (χ1) is 19.9. The summed E-state index contributed by atoms with van der Waals surface area (Å²) < 4.78 is 37.1. The minimum atomic E-state index is -5.08. The Morgan fingerprint density at radius 3 is 2.26 bits per heavy atom. The lowest BCUT2D eigenvalue weighted by molar-refractivity contribution is -0.192. The predicted octanol–water partition coefficient (Wildman–Crippen LogP) is 4.04. The average Bonchev–Trinajstić information content (AvgIpc) is 3.58. The summed E-state index contributed by atoms with van der Waals surface area (Å²) in [5.41, 5.74) is 0.590. The number of carboxylic acids is 1. The van der Waals surface area contributed by atoms with Crippen LogP contribution in [-0.2, 0) is 36.1 Å². The van der Waals surface area contributed by atoms with Crippen molar-refractivity contribution in [3.63, 3.8) is 0 Å². The summed E-state index contributed by atoms with van der Waals surface area (Å²) >= 11 is 7.52. The molecule has 2 amide bonds. The maximum absolute atomic E-state index is 13.7. The first kappa shape index (κ1) is 31.4. The number of imide groups is 1. The van der Waals surface area contributed by atoms with Crippen molar-refractivity contribution in [2.45, 2.75) is 36.9 Å². The molecule has 1 N–H and O–H groups in total. The molecule has 3 aliphatic rings. The van der Waals surface area contributed by atoms with Gasteiger partial charge in [-0.05, 0) is 30.2 Å². The predicted molar refractivity (Wildman–Crippen MR) is 149 cm³/mol. The minimum Gasteiger partial charge on any atom is -0.475 e. The number of hydrogen-bond acceptors (Lipinski definition) is 8. The number of fused-ring (bicyclic) bond motifs is 3. The van der Waals surface area contributed by atoms with Gasteiger partial charge in [-0.3, -0.25) is 19.5 Å². The number of aliphatic carboxylic acids is 1. The van der Waals surface area contributed by atoms with E-state index in [0.717, 1.165) is 11.1 Å². The SMILES string of the molecule is CCN1C(=O)[C@H]2[C@H]3CN=C(SCc4ccc(Cl)cc4)N3[C@@](Cc3ccccc3)(C(=O)OC)[C@H]2C1=O.O=C(O)C(F)(F)F. The summed E-state index contributed by atoms with van der Waals surface area (Å²) in [5.74, 6) is -4.65. The summed E-state index contributed by atoms with van der Waals surface area (Å²) in [4.78, 5) is 57.6. The van der Waals surface area contributed by atoms with Crippen LogP contribution in [0.15, 0.2) is 59.6 Å². The number of benzene rings is 2. The van der Waals surface area contributed by atoms with Crippen LogP contribution in [0.5, 0.6) is 0 Å². The number of aliphatic imine (C=N–C) groups is 1. The van der Waals surface area contributed by atoms with E-state index >= 15 is 0 Å². The van der Waals surface area contributed by atoms with Crippen LogP contribution in [0.3, 0.4) is 0 Å². The van der Waals surface area contributed by atoms with Crippen LogP contribution < -0.4 is 0 Å². The fraction of sp³-hybridized carbons (Fsp3) is 0.393. The number of carboxylic acid groups (broad SMARTS) is 1. The summed E-state index contributed by atoms with van der Waals surface area (Å²) in [5, 5.41) is 8.44. The van der Waals surface area contributed by atoms with Gasteiger partial charge in [-0.15, -0.1) is 0 Å². The van der Waals surface area contributed by atoms with Crippen molar-refractivity contribution < 1.29 is 42.2 Å². The zero-order chi connectivity index (χ0) is 30.8. The summed E-state index contributed by atoms with van der Waals surface area (Å²) in [7, 11) is 1.34. The maximum Gasteiger partial charge on any atom is 0.490 e. The summed E-state index contributed by atoms with van der Waals surface area (Å²) in [6.45, 7) is 2.41. The average molecular weight is 626 g/mol. The van der Waals surface area contributed by atoms with Crippen LogP contribution in [0.4, 0.5) is 13.2 Å². The van der Waals surface area contributed by atoms with Crippen LogP contribution >= 0.6 is 23.4 Å². The van der Waals surface area contributed by atoms with E-state index < -0.39 is 35.5 Å². The van der Waals surface area contributed by atoms with Gasteiger partial charge in [0.2, 0.25) is 11.8 Å². The van der Waals surface area contributed by atoms with Gasteiger partial charge in [-0.25, -0.2) is 9.59 Å². The third kappa shape index (κ3) is 5.71. The Morgan fingerprint density at radius 2 is 1.71 bits per heavy atom. The highest BCUT2D eigenvalue weighted by Gasteiger charge is 2.73. The smallest absolute Gasteiger partial charge is 0.475 e. The number of thioether (sulfide) groups is 1. The molecule has 0 unspecified atom stereocenters. The van der Waals surface area contributed by atoms with E-state index in [1.54, 1.807) is 6.92 Å². The molecule has 0 radical (unpaired) electrons. The first-order valence-corrected chi connectivity index (χ1v) is 14.2. The highest BCUT2D eigenvalue weighted by atomic mass is 35.5. The van der Waals surface area contributed by atoms with Crippen LogP contribution in [0.25, 0.3) is 0 Å². The Morgan fingerprint density at radius 1 is 1.10 bits per heavy atom.